The molecule has 2 rings (SSSR count). The molecule has 0 unspecified atom stereocenters. The second kappa shape index (κ2) is 23.7. The maximum absolute atomic E-state index is 15.3. The number of alkyl carbamates (subject to hydrolysis) is 1. The Labute approximate surface area is 365 Å². The highest BCUT2D eigenvalue weighted by Gasteiger charge is 2.26. The third-order valence-electron chi connectivity index (χ3n) is 8.19. The van der Waals surface area contributed by atoms with Crippen LogP contribution in [0.2, 0.25) is 0 Å². The molecule has 0 atom stereocenters. The summed E-state index contributed by atoms with van der Waals surface area (Å²) in [6.45, 7) is 16.4. The summed E-state index contributed by atoms with van der Waals surface area (Å²) in [5, 5.41) is 30.4. The fraction of sp³-hybridized carbons (Fsp3) is 0.585. The maximum atomic E-state index is 15.3. The Bertz CT molecular complexity index is 1940. The Morgan fingerprint density at radius 3 is 1.70 bits per heavy atom. The van der Waals surface area contributed by atoms with Crippen molar-refractivity contribution in [2.45, 2.75) is 111 Å². The van der Waals surface area contributed by atoms with Gasteiger partial charge in [-0.05, 0) is 106 Å². The quantitative estimate of drug-likeness (QED) is 0.0372. The zero-order valence-electron chi connectivity index (χ0n) is 37.5. The highest BCUT2D eigenvalue weighted by Crippen LogP contribution is 2.28. The van der Waals surface area contributed by atoms with Gasteiger partial charge in [0, 0.05) is 45.3 Å². The summed E-state index contributed by atoms with van der Waals surface area (Å²) in [5.41, 5.74) is -4.31. The van der Waals surface area contributed by atoms with E-state index in [1.54, 1.807) is 62.3 Å². The van der Waals surface area contributed by atoms with Crippen molar-refractivity contribution in [3.8, 4) is 0 Å². The van der Waals surface area contributed by atoms with Crippen LogP contribution in [0.4, 0.5) is 46.3 Å². The van der Waals surface area contributed by atoms with Gasteiger partial charge in [0.25, 0.3) is 11.4 Å². The average Bonchev–Trinajstić information content (AvgIpc) is 3.15. The van der Waals surface area contributed by atoms with Gasteiger partial charge in [-0.2, -0.15) is 0 Å². The molecule has 0 fully saturated rings. The maximum Gasteiger partial charge on any atom is 0.411 e. The molecular weight excluding hydrogens is 833 g/mol. The van der Waals surface area contributed by atoms with Crippen LogP contribution in [0.15, 0.2) is 30.3 Å². The monoisotopic (exact) mass is 893 g/mol. The van der Waals surface area contributed by atoms with Crippen LogP contribution in [-0.2, 0) is 30.3 Å². The number of nitro groups is 2. The second-order valence-electron chi connectivity index (χ2n) is 17.1. The predicted molar refractivity (Wildman–Crippen MR) is 228 cm³/mol. The van der Waals surface area contributed by atoms with Crippen molar-refractivity contribution < 1.29 is 61.9 Å². The molecule has 0 aliphatic carbocycles. The fourth-order valence-corrected chi connectivity index (χ4v) is 5.45. The van der Waals surface area contributed by atoms with E-state index in [0.717, 1.165) is 37.4 Å². The van der Waals surface area contributed by atoms with Gasteiger partial charge in [-0.25, -0.2) is 28.4 Å². The lowest BCUT2D eigenvalue weighted by molar-refractivity contribution is -0.394. The highest BCUT2D eigenvalue weighted by molar-refractivity contribution is 6.00. The molecule has 0 saturated heterocycles. The van der Waals surface area contributed by atoms with Crippen LogP contribution in [0, 0.1) is 26.0 Å². The number of hydrogen-bond donors (Lipinski definition) is 3. The number of ether oxygens (including phenoxy) is 5. The number of halogens is 1. The van der Waals surface area contributed by atoms with Crippen molar-refractivity contribution in [2.24, 2.45) is 0 Å². The summed E-state index contributed by atoms with van der Waals surface area (Å²) in [5.74, 6) is -1.88. The molecule has 0 bridgehead atoms. The minimum Gasteiger partial charge on any atom is -0.465 e. The number of amides is 4. The molecule has 3 N–H and O–H groups in total. The lowest BCUT2D eigenvalue weighted by Gasteiger charge is -2.29. The van der Waals surface area contributed by atoms with Crippen LogP contribution in [0.5, 0.6) is 0 Å². The molecular formula is C41H60FN7O14. The van der Waals surface area contributed by atoms with E-state index in [0.29, 0.717) is 25.8 Å². The van der Waals surface area contributed by atoms with E-state index in [1.165, 1.54) is 9.80 Å². The van der Waals surface area contributed by atoms with E-state index in [9.17, 15) is 44.2 Å². The molecule has 2 aromatic carbocycles. The van der Waals surface area contributed by atoms with Crippen LogP contribution >= 0.6 is 0 Å². The van der Waals surface area contributed by atoms with E-state index < -0.39 is 80.8 Å². The lowest BCUT2D eigenvalue weighted by atomic mass is 10.1. The van der Waals surface area contributed by atoms with E-state index in [1.807, 2.05) is 0 Å². The first kappa shape index (κ1) is 52.7. The minimum absolute atomic E-state index is 0.102. The summed E-state index contributed by atoms with van der Waals surface area (Å²) in [6, 6.07) is 4.74. The lowest BCUT2D eigenvalue weighted by Crippen LogP contribution is -2.40. The van der Waals surface area contributed by atoms with Crippen LogP contribution in [0.3, 0.4) is 0 Å². The van der Waals surface area contributed by atoms with Crippen molar-refractivity contribution >= 4 is 53.1 Å². The molecule has 350 valence electrons. The Balaban J connectivity index is 2.11. The third kappa shape index (κ3) is 19.8. The number of rotatable bonds is 20. The molecule has 0 aliphatic rings. The van der Waals surface area contributed by atoms with E-state index >= 15 is 4.39 Å². The molecule has 0 heterocycles. The Morgan fingerprint density at radius 2 is 1.21 bits per heavy atom. The first-order chi connectivity index (χ1) is 29.2. The molecule has 0 aromatic heterocycles. The van der Waals surface area contributed by atoms with Crippen molar-refractivity contribution in [2.75, 3.05) is 57.0 Å². The van der Waals surface area contributed by atoms with Gasteiger partial charge in [-0.1, -0.05) is 0 Å². The zero-order chi connectivity index (χ0) is 47.7. The van der Waals surface area contributed by atoms with Gasteiger partial charge < -0.3 is 44.1 Å². The Kier molecular flexibility index (Phi) is 19.8. The molecule has 0 aliphatic heterocycles. The Hall–Kier alpha value is -6.48. The molecule has 21 nitrogen and oxygen atoms in total. The molecule has 0 saturated carbocycles. The van der Waals surface area contributed by atoms with Gasteiger partial charge in [-0.3, -0.25) is 25.5 Å². The minimum atomic E-state index is -1.19. The van der Waals surface area contributed by atoms with E-state index in [2.05, 4.69) is 16.0 Å². The van der Waals surface area contributed by atoms with E-state index in [-0.39, 0.29) is 61.6 Å². The summed E-state index contributed by atoms with van der Waals surface area (Å²) < 4.78 is 41.6. The zero-order valence-corrected chi connectivity index (χ0v) is 37.5. The molecule has 4 amide bonds. The van der Waals surface area contributed by atoms with Crippen LogP contribution in [-0.4, -0.2) is 113 Å². The normalized spacial score (nSPS) is 11.4. The molecule has 22 heteroatoms. The molecule has 63 heavy (non-hydrogen) atoms. The van der Waals surface area contributed by atoms with Crippen LogP contribution in [0.1, 0.15) is 104 Å². The number of hydrogen-bond acceptors (Lipinski definition) is 15. The summed E-state index contributed by atoms with van der Waals surface area (Å²) in [4.78, 5) is 87.5. The number of methoxy groups -OCH3 is 1. The second-order valence-corrected chi connectivity index (χ2v) is 17.1. The first-order valence-corrected chi connectivity index (χ1v) is 20.1. The van der Waals surface area contributed by atoms with Gasteiger partial charge >= 0.3 is 30.3 Å². The third-order valence-corrected chi connectivity index (χ3v) is 8.19. The molecule has 0 radical (unpaired) electrons. The van der Waals surface area contributed by atoms with Gasteiger partial charge in [0.05, 0.1) is 45.5 Å². The number of carbonyl (C=O) groups excluding carboxylic acids is 5. The standard InChI is InChI=1S/C41H60FN7O14/c1-39(2,3)61-35(51)44-18-14-22-47(38(54)63-41(7,8)9)20-12-11-19-46(37(53)62-40(4,5)6)21-13-17-43-32-25-31(29(24-30(32)42)34(50)59-10)45-36(52)60-26-27-15-16-28(48(55)56)23-33(27)49(57)58/h15-16,23-25,43H,11-14,17-22,26H2,1-10H3,(H,44,51)(H,45,52). The average molecular weight is 894 g/mol. The number of nitrogens with one attached hydrogen (secondary N) is 3. The number of nitro benzene ring substituents is 2. The number of carbonyl (C=O) groups is 5. The summed E-state index contributed by atoms with van der Waals surface area (Å²) >= 11 is 0. The SMILES string of the molecule is COC(=O)c1cc(F)c(NCCCN(CCCCN(CCCNC(=O)OC(C)(C)C)C(=O)OC(C)(C)C)C(=O)OC(C)(C)C)cc1NC(=O)OCc1ccc([N+](=O)[O-])cc1[N+](=O)[O-]. The predicted octanol–water partition coefficient (Wildman–Crippen LogP) is 8.15. The number of esters is 1. The smallest absolute Gasteiger partial charge is 0.411 e. The number of nitrogens with zero attached hydrogens (tertiary/aromatic N) is 4. The molecule has 0 spiro atoms. The number of unbranched alkanes of at least 4 members (excludes halogenated alkanes) is 1. The number of anilines is 2. The first-order valence-electron chi connectivity index (χ1n) is 20.1. The van der Waals surface area contributed by atoms with Gasteiger partial charge in [-0.15, -0.1) is 0 Å². The van der Waals surface area contributed by atoms with E-state index in [4.69, 9.17) is 23.7 Å². The molecule has 2 aromatic rings. The topological polar surface area (TPSA) is 260 Å². The summed E-state index contributed by atoms with van der Waals surface area (Å²) in [7, 11) is 1.05. The number of benzene rings is 2. The van der Waals surface area contributed by atoms with Gasteiger partial charge in [0.15, 0.2) is 0 Å². The van der Waals surface area contributed by atoms with Crippen LogP contribution < -0.4 is 16.0 Å². The summed E-state index contributed by atoms with van der Waals surface area (Å²) in [6.07, 6.45) is -1.20. The highest BCUT2D eigenvalue weighted by atomic mass is 19.1. The fourth-order valence-electron chi connectivity index (χ4n) is 5.45. The van der Waals surface area contributed by atoms with Crippen molar-refractivity contribution in [3.63, 3.8) is 0 Å². The van der Waals surface area contributed by atoms with Crippen LogP contribution in [0.25, 0.3) is 0 Å². The van der Waals surface area contributed by atoms with Crippen molar-refractivity contribution in [1.82, 2.24) is 15.1 Å². The van der Waals surface area contributed by atoms with Crippen molar-refractivity contribution in [1.29, 1.82) is 0 Å². The van der Waals surface area contributed by atoms with Gasteiger partial charge in [0.2, 0.25) is 0 Å². The Morgan fingerprint density at radius 1 is 0.683 bits per heavy atom. The number of non-ortho nitro benzene ring substituents is 1. The largest absolute Gasteiger partial charge is 0.465 e. The van der Waals surface area contributed by atoms with Crippen molar-refractivity contribution in [3.05, 3.63) is 67.5 Å². The van der Waals surface area contributed by atoms with Gasteiger partial charge in [0.1, 0.15) is 29.2 Å².